The third kappa shape index (κ3) is 1.48. The number of phenolic OH excluding ortho intramolecular Hbond substituents is 1. The van der Waals surface area contributed by atoms with Gasteiger partial charge in [0.25, 0.3) is 0 Å². The largest absolute Gasteiger partial charge is 0.508 e. The summed E-state index contributed by atoms with van der Waals surface area (Å²) in [6, 6.07) is 7.50. The van der Waals surface area contributed by atoms with E-state index in [9.17, 15) is 5.11 Å². The number of ether oxygens (including phenoxy) is 3. The van der Waals surface area contributed by atoms with E-state index in [1.807, 2.05) is 18.2 Å². The van der Waals surface area contributed by atoms with Gasteiger partial charge in [0.1, 0.15) is 5.75 Å². The highest BCUT2D eigenvalue weighted by atomic mass is 16.7. The standard InChI is InChI=1S/C16H14O4/c1-18-13-7-10-3-2-9-6-11(17)4-5-12(9)14(10)16-15(13)19-8-20-16/h4-7,17H,2-3,8H2,1H3. The summed E-state index contributed by atoms with van der Waals surface area (Å²) < 4.78 is 16.6. The van der Waals surface area contributed by atoms with Gasteiger partial charge in [-0.05, 0) is 47.7 Å². The fourth-order valence-corrected chi connectivity index (χ4v) is 3.03. The molecule has 1 heterocycles. The third-order valence-corrected chi connectivity index (χ3v) is 3.93. The van der Waals surface area contributed by atoms with Crippen molar-refractivity contribution < 1.29 is 19.3 Å². The number of phenols is 1. The molecule has 0 radical (unpaired) electrons. The average molecular weight is 270 g/mol. The number of fused-ring (bicyclic) bond motifs is 5. The predicted molar refractivity (Wildman–Crippen MR) is 73.6 cm³/mol. The molecule has 4 rings (SSSR count). The Bertz CT molecular complexity index is 706. The van der Waals surface area contributed by atoms with Crippen LogP contribution in [-0.2, 0) is 12.8 Å². The molecule has 0 spiro atoms. The van der Waals surface area contributed by atoms with Gasteiger partial charge in [0.2, 0.25) is 12.5 Å². The van der Waals surface area contributed by atoms with Crippen molar-refractivity contribution in [1.82, 2.24) is 0 Å². The highest BCUT2D eigenvalue weighted by Crippen LogP contribution is 2.52. The van der Waals surface area contributed by atoms with Crippen molar-refractivity contribution in [2.75, 3.05) is 13.9 Å². The Labute approximate surface area is 116 Å². The molecule has 0 bridgehead atoms. The Morgan fingerprint density at radius 1 is 1.05 bits per heavy atom. The van der Waals surface area contributed by atoms with Gasteiger partial charge in [-0.3, -0.25) is 0 Å². The molecule has 1 aliphatic carbocycles. The molecule has 0 saturated carbocycles. The molecule has 4 heteroatoms. The Morgan fingerprint density at radius 3 is 2.70 bits per heavy atom. The Kier molecular flexibility index (Phi) is 2.33. The Hall–Kier alpha value is -2.36. The lowest BCUT2D eigenvalue weighted by atomic mass is 9.84. The zero-order valence-electron chi connectivity index (χ0n) is 11.1. The van der Waals surface area contributed by atoms with Crippen LogP contribution in [0.2, 0.25) is 0 Å². The fourth-order valence-electron chi connectivity index (χ4n) is 3.03. The summed E-state index contributed by atoms with van der Waals surface area (Å²) >= 11 is 0. The van der Waals surface area contributed by atoms with Crippen LogP contribution in [0.5, 0.6) is 23.0 Å². The predicted octanol–water partition coefficient (Wildman–Crippen LogP) is 2.90. The first-order chi connectivity index (χ1) is 9.78. The van der Waals surface area contributed by atoms with Crippen LogP contribution in [-0.4, -0.2) is 19.0 Å². The highest BCUT2D eigenvalue weighted by Gasteiger charge is 2.29. The van der Waals surface area contributed by atoms with E-state index in [4.69, 9.17) is 14.2 Å². The number of aryl methyl sites for hydroxylation is 2. The van der Waals surface area contributed by atoms with E-state index < -0.39 is 0 Å². The molecule has 1 aliphatic heterocycles. The van der Waals surface area contributed by atoms with E-state index in [1.54, 1.807) is 13.2 Å². The maximum Gasteiger partial charge on any atom is 0.231 e. The van der Waals surface area contributed by atoms with Crippen molar-refractivity contribution in [3.05, 3.63) is 35.4 Å². The smallest absolute Gasteiger partial charge is 0.231 e. The molecule has 0 saturated heterocycles. The van der Waals surface area contributed by atoms with Crippen molar-refractivity contribution in [1.29, 1.82) is 0 Å². The van der Waals surface area contributed by atoms with E-state index in [0.29, 0.717) is 11.5 Å². The molecular formula is C16H14O4. The first-order valence-corrected chi connectivity index (χ1v) is 6.59. The summed E-state index contributed by atoms with van der Waals surface area (Å²) in [5, 5.41) is 9.64. The van der Waals surface area contributed by atoms with Crippen LogP contribution >= 0.6 is 0 Å². The fraction of sp³-hybridized carbons (Fsp3) is 0.250. The summed E-state index contributed by atoms with van der Waals surface area (Å²) in [7, 11) is 1.64. The summed E-state index contributed by atoms with van der Waals surface area (Å²) in [5.41, 5.74) is 4.51. The van der Waals surface area contributed by atoms with Gasteiger partial charge in [0.15, 0.2) is 11.5 Å². The zero-order chi connectivity index (χ0) is 13.7. The number of aromatic hydroxyl groups is 1. The summed E-state index contributed by atoms with van der Waals surface area (Å²) in [5.74, 6) is 2.45. The second-order valence-corrected chi connectivity index (χ2v) is 5.02. The first-order valence-electron chi connectivity index (χ1n) is 6.59. The van der Waals surface area contributed by atoms with E-state index >= 15 is 0 Å². The number of methoxy groups -OCH3 is 1. The SMILES string of the molecule is COc1cc2c(c3c1OCO3)-c1ccc(O)cc1CC2. The van der Waals surface area contributed by atoms with Crippen LogP contribution in [0, 0.1) is 0 Å². The molecule has 0 atom stereocenters. The van der Waals surface area contributed by atoms with Crippen LogP contribution in [0.1, 0.15) is 11.1 Å². The molecule has 0 aromatic heterocycles. The molecule has 4 nitrogen and oxygen atoms in total. The third-order valence-electron chi connectivity index (χ3n) is 3.93. The minimum atomic E-state index is 0.218. The summed E-state index contributed by atoms with van der Waals surface area (Å²) in [6.07, 6.45) is 1.80. The molecule has 20 heavy (non-hydrogen) atoms. The van der Waals surface area contributed by atoms with E-state index in [1.165, 1.54) is 5.56 Å². The molecule has 2 aliphatic rings. The van der Waals surface area contributed by atoms with Gasteiger partial charge in [-0.15, -0.1) is 0 Å². The van der Waals surface area contributed by atoms with Crippen LogP contribution < -0.4 is 14.2 Å². The van der Waals surface area contributed by atoms with Crippen molar-refractivity contribution in [3.63, 3.8) is 0 Å². The van der Waals surface area contributed by atoms with Crippen LogP contribution in [0.25, 0.3) is 11.1 Å². The molecule has 2 aromatic carbocycles. The van der Waals surface area contributed by atoms with Gasteiger partial charge < -0.3 is 19.3 Å². The van der Waals surface area contributed by atoms with Gasteiger partial charge in [-0.2, -0.15) is 0 Å². The van der Waals surface area contributed by atoms with Crippen LogP contribution in [0.15, 0.2) is 24.3 Å². The molecule has 0 amide bonds. The summed E-state index contributed by atoms with van der Waals surface area (Å²) in [6.45, 7) is 0.218. The zero-order valence-corrected chi connectivity index (χ0v) is 11.1. The number of benzene rings is 2. The highest BCUT2D eigenvalue weighted by molar-refractivity contribution is 5.83. The van der Waals surface area contributed by atoms with Crippen LogP contribution in [0.3, 0.4) is 0 Å². The quantitative estimate of drug-likeness (QED) is 0.865. The second-order valence-electron chi connectivity index (χ2n) is 5.02. The first kappa shape index (κ1) is 11.5. The number of rotatable bonds is 1. The van der Waals surface area contributed by atoms with Gasteiger partial charge >= 0.3 is 0 Å². The van der Waals surface area contributed by atoms with Gasteiger partial charge in [0.05, 0.1) is 7.11 Å². The molecule has 2 aromatic rings. The van der Waals surface area contributed by atoms with Crippen LogP contribution in [0.4, 0.5) is 0 Å². The molecule has 1 N–H and O–H groups in total. The lowest BCUT2D eigenvalue weighted by molar-refractivity contribution is 0.171. The maximum absolute atomic E-state index is 9.64. The van der Waals surface area contributed by atoms with Crippen molar-refractivity contribution in [2.24, 2.45) is 0 Å². The van der Waals surface area contributed by atoms with Crippen molar-refractivity contribution >= 4 is 0 Å². The van der Waals surface area contributed by atoms with Crippen molar-refractivity contribution in [3.8, 4) is 34.1 Å². The monoisotopic (exact) mass is 270 g/mol. The van der Waals surface area contributed by atoms with E-state index in [-0.39, 0.29) is 6.79 Å². The topological polar surface area (TPSA) is 47.9 Å². The van der Waals surface area contributed by atoms with Gasteiger partial charge in [-0.25, -0.2) is 0 Å². The maximum atomic E-state index is 9.64. The molecule has 0 unspecified atom stereocenters. The molecular weight excluding hydrogens is 256 g/mol. The normalized spacial score (nSPS) is 14.7. The van der Waals surface area contributed by atoms with Gasteiger partial charge in [-0.1, -0.05) is 6.07 Å². The number of hydrogen-bond donors (Lipinski definition) is 1. The minimum Gasteiger partial charge on any atom is -0.508 e. The Morgan fingerprint density at radius 2 is 1.85 bits per heavy atom. The van der Waals surface area contributed by atoms with E-state index in [2.05, 4.69) is 0 Å². The van der Waals surface area contributed by atoms with Crippen molar-refractivity contribution in [2.45, 2.75) is 12.8 Å². The number of hydrogen-bond acceptors (Lipinski definition) is 4. The molecule has 0 fully saturated rings. The van der Waals surface area contributed by atoms with E-state index in [0.717, 1.165) is 41.0 Å². The second kappa shape index (κ2) is 4.07. The lowest BCUT2D eigenvalue weighted by Crippen LogP contribution is -2.05. The average Bonchev–Trinajstić information content (AvgIpc) is 2.95. The lowest BCUT2D eigenvalue weighted by Gasteiger charge is -2.22. The Balaban J connectivity index is 2.01. The minimum absolute atomic E-state index is 0.218. The summed E-state index contributed by atoms with van der Waals surface area (Å²) in [4.78, 5) is 0. The molecule has 102 valence electrons. The van der Waals surface area contributed by atoms with Gasteiger partial charge in [0, 0.05) is 5.56 Å².